The number of carbonyl (C=O) groups excluding carboxylic acids is 3. The number of carbonyl (C=O) groups is 5. The molecule has 0 saturated carbocycles. The fourth-order valence-corrected chi connectivity index (χ4v) is 3.95. The molecule has 1 aromatic rings. The van der Waals surface area contributed by atoms with Gasteiger partial charge in [0.25, 0.3) is 0 Å². The van der Waals surface area contributed by atoms with Gasteiger partial charge in [0, 0.05) is 24.8 Å². The lowest BCUT2D eigenvalue weighted by atomic mass is 10.1. The number of alkyl halides is 3. The summed E-state index contributed by atoms with van der Waals surface area (Å²) in [7, 11) is 1.38. The Hall–Kier alpha value is -3.20. The van der Waals surface area contributed by atoms with Gasteiger partial charge in [0.1, 0.15) is 18.6 Å². The van der Waals surface area contributed by atoms with Gasteiger partial charge in [0.05, 0.1) is 10.9 Å². The molecule has 1 unspecified atom stereocenters. The third-order valence-corrected chi connectivity index (χ3v) is 5.88. The Morgan fingerprint density at radius 2 is 1.80 bits per heavy atom. The van der Waals surface area contributed by atoms with Crippen LogP contribution in [0.15, 0.2) is 24.4 Å². The Bertz CT molecular complexity index is 902. The smallest absolute Gasteiger partial charge is 0.450 e. The number of aliphatic carboxylic acids is 2. The van der Waals surface area contributed by atoms with E-state index >= 15 is 0 Å². The number of carboxylic acids is 2. The van der Waals surface area contributed by atoms with E-state index in [9.17, 15) is 37.1 Å². The molecule has 3 atom stereocenters. The van der Waals surface area contributed by atoms with E-state index < -0.39 is 66.0 Å². The molecule has 0 aliphatic carbocycles. The summed E-state index contributed by atoms with van der Waals surface area (Å²) >= 11 is 0.753. The number of aromatic nitrogens is 1. The van der Waals surface area contributed by atoms with Gasteiger partial charge >= 0.3 is 18.1 Å². The second-order valence-corrected chi connectivity index (χ2v) is 8.39. The molecule has 2 amide bonds. The van der Waals surface area contributed by atoms with Crippen molar-refractivity contribution in [2.45, 2.75) is 42.8 Å². The normalized spacial score (nSPS) is 13.8. The van der Waals surface area contributed by atoms with Gasteiger partial charge in [-0.3, -0.25) is 29.0 Å². The van der Waals surface area contributed by atoms with Gasteiger partial charge in [-0.05, 0) is 25.6 Å². The zero-order chi connectivity index (χ0) is 26.6. The van der Waals surface area contributed by atoms with Crippen molar-refractivity contribution in [3.63, 3.8) is 0 Å². The van der Waals surface area contributed by atoms with Crippen LogP contribution >= 0.6 is 11.8 Å². The zero-order valence-electron chi connectivity index (χ0n) is 18.5. The number of pyridine rings is 1. The van der Waals surface area contributed by atoms with Crippen LogP contribution in [0.3, 0.4) is 0 Å². The summed E-state index contributed by atoms with van der Waals surface area (Å²) in [5, 5.41) is 23.6. The minimum Gasteiger partial charge on any atom is -0.480 e. The third kappa shape index (κ3) is 11.2. The molecule has 15 heteroatoms. The predicted octanol–water partition coefficient (Wildman–Crippen LogP) is 0.516. The molecule has 0 spiro atoms. The summed E-state index contributed by atoms with van der Waals surface area (Å²) in [5.74, 6) is -6.53. The largest absolute Gasteiger partial charge is 0.480 e. The average Bonchev–Trinajstić information content (AvgIpc) is 2.79. The molecule has 0 aliphatic rings. The summed E-state index contributed by atoms with van der Waals surface area (Å²) in [4.78, 5) is 62.1. The summed E-state index contributed by atoms with van der Waals surface area (Å²) < 4.78 is 38.5. The van der Waals surface area contributed by atoms with Crippen LogP contribution < -0.4 is 16.0 Å². The lowest BCUT2D eigenvalue weighted by molar-refractivity contribution is -0.171. The van der Waals surface area contributed by atoms with Crippen molar-refractivity contribution < 1.29 is 47.4 Å². The number of halogens is 3. The zero-order valence-corrected chi connectivity index (χ0v) is 19.3. The van der Waals surface area contributed by atoms with Crippen molar-refractivity contribution in [1.82, 2.24) is 20.9 Å². The highest BCUT2D eigenvalue weighted by molar-refractivity contribution is 7.99. The van der Waals surface area contributed by atoms with Crippen molar-refractivity contribution in [1.29, 1.82) is 0 Å². The highest BCUT2D eigenvalue weighted by Crippen LogP contribution is 2.34. The second-order valence-electron chi connectivity index (χ2n) is 7.15. The number of nitrogens with one attached hydrogen (secondary N) is 3. The molecule has 5 N–H and O–H groups in total. The number of likely N-dealkylation sites (N-methyl/N-ethyl adjacent to an activating group) is 1. The number of carboxylic acid groups (broad SMARTS) is 2. The van der Waals surface area contributed by atoms with E-state index in [1.165, 1.54) is 31.4 Å². The molecular formula is C20H25F3N4O7S. The molecule has 0 radical (unpaired) electrons. The van der Waals surface area contributed by atoms with E-state index in [4.69, 9.17) is 10.2 Å². The number of rotatable bonds is 15. The molecule has 0 bridgehead atoms. The van der Waals surface area contributed by atoms with Crippen molar-refractivity contribution in [3.8, 4) is 0 Å². The van der Waals surface area contributed by atoms with Crippen molar-refractivity contribution >= 4 is 41.3 Å². The quantitative estimate of drug-likeness (QED) is 0.218. The van der Waals surface area contributed by atoms with Crippen LogP contribution in [0.25, 0.3) is 0 Å². The Balaban J connectivity index is 2.98. The van der Waals surface area contributed by atoms with Crippen LogP contribution in [0.5, 0.6) is 0 Å². The lowest BCUT2D eigenvalue weighted by Gasteiger charge is -2.22. The number of ketones is 1. The summed E-state index contributed by atoms with van der Waals surface area (Å²) in [6, 6.07) is 2.03. The van der Waals surface area contributed by atoms with Gasteiger partial charge in [-0.2, -0.15) is 13.2 Å². The first-order chi connectivity index (χ1) is 16.3. The monoisotopic (exact) mass is 522 g/mol. The lowest BCUT2D eigenvalue weighted by Crippen LogP contribution is -2.49. The van der Waals surface area contributed by atoms with Gasteiger partial charge in [0.15, 0.2) is 0 Å². The molecule has 0 aromatic carbocycles. The fourth-order valence-electron chi connectivity index (χ4n) is 2.71. The van der Waals surface area contributed by atoms with Gasteiger partial charge in [-0.15, -0.1) is 11.8 Å². The molecule has 0 fully saturated rings. The standard InChI is InChI=1S/C20H25F3N4O7S/c1-24-12(19(33)34)5-6-16(29)27-13(18(32)26-9-17(30)31)10-35-14(8-15(28)20(21,22)23)11-4-2-3-7-25-11/h2-4,7,12-14,24H,5-6,8-10H2,1H3,(H,26,32)(H,27,29)(H,30,31)(H,33,34)/t12-,13+,14?/m1/s1. The van der Waals surface area contributed by atoms with Crippen LogP contribution in [0.1, 0.15) is 30.2 Å². The minimum atomic E-state index is -5.08. The first-order valence-corrected chi connectivity index (χ1v) is 11.2. The first-order valence-electron chi connectivity index (χ1n) is 10.2. The predicted molar refractivity (Wildman–Crippen MR) is 117 cm³/mol. The number of hydrogen-bond donors (Lipinski definition) is 5. The molecule has 194 valence electrons. The number of Topliss-reactive ketones (excluding diaryl/α,β-unsaturated/α-hetero) is 1. The molecule has 11 nitrogen and oxygen atoms in total. The molecule has 1 heterocycles. The molecular weight excluding hydrogens is 497 g/mol. The van der Waals surface area contributed by atoms with Crippen LogP contribution in [-0.4, -0.2) is 82.3 Å². The van der Waals surface area contributed by atoms with E-state index in [0.29, 0.717) is 0 Å². The maximum Gasteiger partial charge on any atom is 0.450 e. The highest BCUT2D eigenvalue weighted by Gasteiger charge is 2.40. The van der Waals surface area contributed by atoms with Gasteiger partial charge in [0.2, 0.25) is 17.6 Å². The summed E-state index contributed by atoms with van der Waals surface area (Å²) in [6.07, 6.45) is -5.15. The topological polar surface area (TPSA) is 175 Å². The molecule has 35 heavy (non-hydrogen) atoms. The number of hydrogen-bond acceptors (Lipinski definition) is 8. The van der Waals surface area contributed by atoms with Crippen molar-refractivity contribution in [3.05, 3.63) is 30.1 Å². The SMILES string of the molecule is CN[C@H](CCC(=O)N[C@@H](CSC(CC(=O)C(F)(F)F)c1ccccn1)C(=O)NCC(=O)O)C(=O)O. The van der Waals surface area contributed by atoms with Gasteiger partial charge < -0.3 is 26.2 Å². The van der Waals surface area contributed by atoms with E-state index in [-0.39, 0.29) is 24.3 Å². The number of thioether (sulfide) groups is 1. The Morgan fingerprint density at radius 3 is 2.31 bits per heavy atom. The van der Waals surface area contributed by atoms with Crippen LogP contribution in [0.4, 0.5) is 13.2 Å². The van der Waals surface area contributed by atoms with E-state index in [0.717, 1.165) is 11.8 Å². The average molecular weight is 523 g/mol. The van der Waals surface area contributed by atoms with E-state index in [1.54, 1.807) is 0 Å². The summed E-state index contributed by atoms with van der Waals surface area (Å²) in [6.45, 7) is -0.771. The maximum atomic E-state index is 12.8. The molecule has 0 saturated heterocycles. The second kappa shape index (κ2) is 14.3. The van der Waals surface area contributed by atoms with Crippen LogP contribution in [0.2, 0.25) is 0 Å². The Kier molecular flexibility index (Phi) is 12.2. The highest BCUT2D eigenvalue weighted by atomic mass is 32.2. The number of amides is 2. The number of nitrogens with zero attached hydrogens (tertiary/aromatic N) is 1. The third-order valence-electron chi connectivity index (χ3n) is 4.54. The van der Waals surface area contributed by atoms with Crippen molar-refractivity contribution in [2.24, 2.45) is 0 Å². The minimum absolute atomic E-state index is 0.120. The van der Waals surface area contributed by atoms with Gasteiger partial charge in [-0.25, -0.2) is 0 Å². The van der Waals surface area contributed by atoms with Crippen LogP contribution in [0, 0.1) is 0 Å². The van der Waals surface area contributed by atoms with Crippen LogP contribution in [-0.2, 0) is 24.0 Å². The summed E-state index contributed by atoms with van der Waals surface area (Å²) in [5.41, 5.74) is 0.143. The van der Waals surface area contributed by atoms with Gasteiger partial charge in [-0.1, -0.05) is 6.07 Å². The fraction of sp³-hybridized carbons (Fsp3) is 0.500. The maximum absolute atomic E-state index is 12.8. The first kappa shape index (κ1) is 29.8. The molecule has 0 aliphatic heterocycles. The molecule has 1 aromatic heterocycles. The Labute approximate surface area is 202 Å². The Morgan fingerprint density at radius 1 is 1.11 bits per heavy atom. The van der Waals surface area contributed by atoms with Crippen molar-refractivity contribution in [2.75, 3.05) is 19.3 Å². The van der Waals surface area contributed by atoms with E-state index in [2.05, 4.69) is 20.9 Å². The molecule has 1 rings (SSSR count). The van der Waals surface area contributed by atoms with E-state index in [1.807, 2.05) is 0 Å².